The fourth-order valence-electron chi connectivity index (χ4n) is 2.79. The molecule has 1 N–H and O–H groups in total. The summed E-state index contributed by atoms with van der Waals surface area (Å²) in [6.07, 6.45) is 3.34. The van der Waals surface area contributed by atoms with E-state index < -0.39 is 11.7 Å². The summed E-state index contributed by atoms with van der Waals surface area (Å²) in [6.45, 7) is 3.23. The molecule has 0 bridgehead atoms. The second-order valence-corrected chi connectivity index (χ2v) is 6.01. The van der Waals surface area contributed by atoms with Crippen LogP contribution in [0.15, 0.2) is 41.0 Å². The molecule has 2 aromatic rings. The van der Waals surface area contributed by atoms with Gasteiger partial charge in [-0.25, -0.2) is 4.39 Å². The van der Waals surface area contributed by atoms with E-state index >= 15 is 0 Å². The van der Waals surface area contributed by atoms with Gasteiger partial charge < -0.3 is 14.6 Å². The van der Waals surface area contributed by atoms with Crippen LogP contribution in [-0.4, -0.2) is 22.8 Å². The molecule has 1 aromatic heterocycles. The van der Waals surface area contributed by atoms with Crippen molar-refractivity contribution in [3.05, 3.63) is 53.7 Å². The second-order valence-electron chi connectivity index (χ2n) is 6.01. The molecular formula is C18H19FN2O3. The van der Waals surface area contributed by atoms with Crippen LogP contribution in [0.5, 0.6) is 0 Å². The molecule has 1 atom stereocenters. The summed E-state index contributed by atoms with van der Waals surface area (Å²) in [4.78, 5) is 25.8. The fraction of sp³-hybridized carbons (Fsp3) is 0.333. The Bertz CT molecular complexity index is 754. The van der Waals surface area contributed by atoms with Crippen LogP contribution in [0.2, 0.25) is 0 Å². The highest BCUT2D eigenvalue weighted by Crippen LogP contribution is 2.36. The lowest BCUT2D eigenvalue weighted by Crippen LogP contribution is -2.36. The number of nitrogens with one attached hydrogen (secondary N) is 1. The number of halogens is 1. The van der Waals surface area contributed by atoms with E-state index in [1.165, 1.54) is 25.1 Å². The van der Waals surface area contributed by atoms with Crippen molar-refractivity contribution < 1.29 is 18.4 Å². The summed E-state index contributed by atoms with van der Waals surface area (Å²) in [5, 5.41) is 2.57. The third kappa shape index (κ3) is 3.32. The van der Waals surface area contributed by atoms with Crippen LogP contribution in [0.3, 0.4) is 0 Å². The van der Waals surface area contributed by atoms with Crippen LogP contribution in [0.4, 0.5) is 10.1 Å². The van der Waals surface area contributed by atoms with Gasteiger partial charge in [0.05, 0.1) is 17.9 Å². The van der Waals surface area contributed by atoms with Crippen molar-refractivity contribution in [1.29, 1.82) is 0 Å². The molecule has 6 heteroatoms. The molecule has 5 nitrogen and oxygen atoms in total. The summed E-state index contributed by atoms with van der Waals surface area (Å²) in [7, 11) is 0. The van der Waals surface area contributed by atoms with E-state index in [0.717, 1.165) is 12.8 Å². The molecule has 3 rings (SSSR count). The lowest BCUT2D eigenvalue weighted by atomic mass is 10.1. The normalized spacial score (nSPS) is 15.0. The average Bonchev–Trinajstić information content (AvgIpc) is 3.20. The molecule has 0 spiro atoms. The molecule has 1 aliphatic carbocycles. The van der Waals surface area contributed by atoms with Gasteiger partial charge in [0.25, 0.3) is 5.91 Å². The maximum Gasteiger partial charge on any atom is 0.257 e. The molecule has 1 aliphatic rings. The molecule has 126 valence electrons. The molecule has 0 radical (unpaired) electrons. The summed E-state index contributed by atoms with van der Waals surface area (Å²) in [5.74, 6) is -0.616. The van der Waals surface area contributed by atoms with Gasteiger partial charge in [0.15, 0.2) is 0 Å². The molecule has 1 aromatic carbocycles. The average molecular weight is 330 g/mol. The van der Waals surface area contributed by atoms with Crippen LogP contribution in [-0.2, 0) is 4.79 Å². The number of benzene rings is 1. The SMILES string of the molecule is CC(=O)Nc1ccc(F)c(C(=O)N(C2CC2)C(C)c2ccco2)c1. The Balaban J connectivity index is 1.92. The Labute approximate surface area is 139 Å². The van der Waals surface area contributed by atoms with Gasteiger partial charge in [0, 0.05) is 18.7 Å². The highest BCUT2D eigenvalue weighted by molar-refractivity contribution is 5.97. The lowest BCUT2D eigenvalue weighted by Gasteiger charge is -2.28. The Hall–Kier alpha value is -2.63. The molecule has 0 saturated heterocycles. The van der Waals surface area contributed by atoms with Gasteiger partial charge in [0.1, 0.15) is 11.6 Å². The third-order valence-corrected chi connectivity index (χ3v) is 4.06. The zero-order chi connectivity index (χ0) is 17.3. The predicted molar refractivity (Wildman–Crippen MR) is 87.0 cm³/mol. The van der Waals surface area contributed by atoms with Gasteiger partial charge in [-0.2, -0.15) is 0 Å². The van der Waals surface area contributed by atoms with Gasteiger partial charge >= 0.3 is 0 Å². The quantitative estimate of drug-likeness (QED) is 0.908. The largest absolute Gasteiger partial charge is 0.467 e. The van der Waals surface area contributed by atoms with Crippen molar-refractivity contribution in [2.24, 2.45) is 0 Å². The first kappa shape index (κ1) is 16.2. The standard InChI is InChI=1S/C18H19FN2O3/c1-11(17-4-3-9-24-17)21(14-6-7-14)18(23)15-10-13(20-12(2)22)5-8-16(15)19/h3-5,8-11,14H,6-7H2,1-2H3,(H,20,22). The molecule has 1 saturated carbocycles. The molecule has 24 heavy (non-hydrogen) atoms. The molecule has 2 amide bonds. The van der Waals surface area contributed by atoms with E-state index in [9.17, 15) is 14.0 Å². The van der Waals surface area contributed by atoms with Gasteiger partial charge in [0.2, 0.25) is 5.91 Å². The lowest BCUT2D eigenvalue weighted by molar-refractivity contribution is -0.114. The maximum absolute atomic E-state index is 14.2. The van der Waals surface area contributed by atoms with Gasteiger partial charge in [-0.1, -0.05) is 0 Å². The Kier molecular flexibility index (Phi) is 4.38. The van der Waals surface area contributed by atoms with Crippen LogP contribution in [0.1, 0.15) is 48.8 Å². The zero-order valence-corrected chi connectivity index (χ0v) is 13.6. The van der Waals surface area contributed by atoms with Gasteiger partial charge in [-0.3, -0.25) is 9.59 Å². The number of rotatable bonds is 5. The van der Waals surface area contributed by atoms with E-state index in [1.807, 2.05) is 6.92 Å². The van der Waals surface area contributed by atoms with Crippen molar-refractivity contribution >= 4 is 17.5 Å². The van der Waals surface area contributed by atoms with E-state index in [-0.39, 0.29) is 23.6 Å². The minimum Gasteiger partial charge on any atom is -0.467 e. The molecular weight excluding hydrogens is 311 g/mol. The van der Waals surface area contributed by atoms with E-state index in [0.29, 0.717) is 11.4 Å². The van der Waals surface area contributed by atoms with Crippen molar-refractivity contribution in [2.75, 3.05) is 5.32 Å². The van der Waals surface area contributed by atoms with Crippen LogP contribution >= 0.6 is 0 Å². The first-order chi connectivity index (χ1) is 11.5. The number of carbonyl (C=O) groups is 2. The molecule has 1 heterocycles. The number of amides is 2. The van der Waals surface area contributed by atoms with E-state index in [4.69, 9.17) is 4.42 Å². The number of anilines is 1. The minimum absolute atomic E-state index is 0.0495. The fourth-order valence-corrected chi connectivity index (χ4v) is 2.79. The Morgan fingerprint density at radius 3 is 2.67 bits per heavy atom. The van der Waals surface area contributed by atoms with Crippen molar-refractivity contribution in [3.63, 3.8) is 0 Å². The summed E-state index contributed by atoms with van der Waals surface area (Å²) >= 11 is 0. The van der Waals surface area contributed by atoms with Crippen molar-refractivity contribution in [3.8, 4) is 0 Å². The number of hydrogen-bond acceptors (Lipinski definition) is 3. The number of hydrogen-bond donors (Lipinski definition) is 1. The van der Waals surface area contributed by atoms with Crippen LogP contribution in [0, 0.1) is 5.82 Å². The zero-order valence-electron chi connectivity index (χ0n) is 13.6. The summed E-state index contributed by atoms with van der Waals surface area (Å²) < 4.78 is 19.6. The minimum atomic E-state index is -0.605. The maximum atomic E-state index is 14.2. The third-order valence-electron chi connectivity index (χ3n) is 4.06. The number of furan rings is 1. The molecule has 1 unspecified atom stereocenters. The second kappa shape index (κ2) is 6.47. The van der Waals surface area contributed by atoms with E-state index in [1.54, 1.807) is 23.3 Å². The van der Waals surface area contributed by atoms with Gasteiger partial charge in [-0.05, 0) is 50.1 Å². The Morgan fingerprint density at radius 2 is 2.08 bits per heavy atom. The number of nitrogens with zero attached hydrogens (tertiary/aromatic N) is 1. The van der Waals surface area contributed by atoms with Gasteiger partial charge in [-0.15, -0.1) is 0 Å². The highest BCUT2D eigenvalue weighted by Gasteiger charge is 2.38. The highest BCUT2D eigenvalue weighted by atomic mass is 19.1. The van der Waals surface area contributed by atoms with Crippen LogP contribution in [0.25, 0.3) is 0 Å². The topological polar surface area (TPSA) is 62.6 Å². The summed E-state index contributed by atoms with van der Waals surface area (Å²) in [5.41, 5.74) is 0.347. The Morgan fingerprint density at radius 1 is 1.33 bits per heavy atom. The van der Waals surface area contributed by atoms with Crippen molar-refractivity contribution in [1.82, 2.24) is 4.90 Å². The van der Waals surface area contributed by atoms with Crippen LogP contribution < -0.4 is 5.32 Å². The first-order valence-corrected chi connectivity index (χ1v) is 7.90. The predicted octanol–water partition coefficient (Wildman–Crippen LogP) is 3.74. The molecule has 0 aliphatic heterocycles. The number of carbonyl (C=O) groups excluding carboxylic acids is 2. The van der Waals surface area contributed by atoms with Crippen molar-refractivity contribution in [2.45, 2.75) is 38.8 Å². The van der Waals surface area contributed by atoms with E-state index in [2.05, 4.69) is 5.32 Å². The molecule has 1 fully saturated rings. The summed E-state index contributed by atoms with van der Waals surface area (Å²) in [6, 6.07) is 7.37. The smallest absolute Gasteiger partial charge is 0.257 e. The monoisotopic (exact) mass is 330 g/mol. The first-order valence-electron chi connectivity index (χ1n) is 7.90.